The molecule has 0 radical (unpaired) electrons. The van der Waals surface area contributed by atoms with Crippen molar-refractivity contribution in [3.63, 3.8) is 0 Å². The van der Waals surface area contributed by atoms with Crippen LogP contribution in [-0.2, 0) is 29.0 Å². The molecule has 0 spiro atoms. The lowest BCUT2D eigenvalue weighted by Crippen LogP contribution is -2.60. The van der Waals surface area contributed by atoms with Crippen LogP contribution in [0.15, 0.2) is 147 Å². The lowest BCUT2D eigenvalue weighted by molar-refractivity contribution is -0.151. The van der Waals surface area contributed by atoms with Gasteiger partial charge in [-0.1, -0.05) is 106 Å². The summed E-state index contributed by atoms with van der Waals surface area (Å²) in [5.74, 6) is 2.85. The van der Waals surface area contributed by atoms with Gasteiger partial charge in [-0.2, -0.15) is 13.1 Å². The van der Waals surface area contributed by atoms with Crippen molar-refractivity contribution in [3.05, 3.63) is 141 Å². The number of nitrogens with zero attached hydrogens (tertiary/aromatic N) is 14. The second kappa shape index (κ2) is 25.3. The molecule has 0 amide bonds. The van der Waals surface area contributed by atoms with Crippen molar-refractivity contribution in [2.24, 2.45) is 31.2 Å². The van der Waals surface area contributed by atoms with Crippen LogP contribution in [0.3, 0.4) is 0 Å². The number of rotatable bonds is 13. The molecule has 8 atom stereocenters. The fourth-order valence-corrected chi connectivity index (χ4v) is 24.5. The smallest absolute Gasteiger partial charge is 0.187 e. The van der Waals surface area contributed by atoms with Gasteiger partial charge in [0.25, 0.3) is 0 Å². The first-order chi connectivity index (χ1) is 45.5. The van der Waals surface area contributed by atoms with E-state index in [0.29, 0.717) is 38.8 Å². The fourth-order valence-electron chi connectivity index (χ4n) is 14.1. The highest BCUT2D eigenvalue weighted by atomic mass is 32.2. The van der Waals surface area contributed by atoms with Crippen LogP contribution in [0, 0.1) is 11.8 Å². The Morgan fingerprint density at radius 1 is 0.761 bits per heavy atom. The first-order valence-corrected chi connectivity index (χ1v) is 40.1. The van der Waals surface area contributed by atoms with Crippen molar-refractivity contribution in [2.75, 3.05) is 35.9 Å². The summed E-state index contributed by atoms with van der Waals surface area (Å²) < 4.78 is 31.7. The Hall–Kier alpha value is -5.44. The molecule has 17 nitrogen and oxygen atoms in total. The van der Waals surface area contributed by atoms with E-state index in [0.717, 1.165) is 141 Å². The first kappa shape index (κ1) is 59.1. The molecule has 0 aliphatic carbocycles. The number of para-hydroxylation sites is 1. The molecule has 462 valence electrons. The van der Waals surface area contributed by atoms with Gasteiger partial charge >= 0.3 is 0 Å². The quantitative estimate of drug-likeness (QED) is 0.103. The SMILES string of the molecule is C1=NC(C2CCCOC2N2Cc3ccccc3CC2C2CCc3ccccc3N2)C(C2=NSCN=C2c2nnsc2-c2nsc(-c3nsnc3-c3nnc(-c4c(C5(C6=NC(c7nc(-c8cccs8)cs7)CS6)NCCS5)ccc5c4Sc4ccccc4S5)s3)n2)CC1. The van der Waals surface area contributed by atoms with E-state index in [4.69, 9.17) is 62.5 Å². The molecular weight excluding hydrogens is 1360 g/mol. The first-order valence-electron chi connectivity index (χ1n) is 30.7. The number of aliphatic imine (C=N–C) groups is 3. The number of fused-ring (bicyclic) bond motifs is 4. The second-order valence-corrected chi connectivity index (χ2v) is 33.5. The summed E-state index contributed by atoms with van der Waals surface area (Å²) in [5, 5.41) is 31.3. The van der Waals surface area contributed by atoms with Gasteiger partial charge < -0.3 is 10.1 Å². The maximum absolute atomic E-state index is 7.08. The zero-order chi connectivity index (χ0) is 60.7. The van der Waals surface area contributed by atoms with Crippen LogP contribution < -0.4 is 10.6 Å². The molecule has 8 aliphatic rings. The third-order valence-electron chi connectivity index (χ3n) is 18.3. The van der Waals surface area contributed by atoms with Crippen LogP contribution in [-0.4, -0.2) is 125 Å². The second-order valence-electron chi connectivity index (χ2n) is 23.5. The van der Waals surface area contributed by atoms with Gasteiger partial charge in [-0.15, -0.1) is 61.5 Å². The van der Waals surface area contributed by atoms with Crippen molar-refractivity contribution in [2.45, 2.75) is 106 Å². The molecule has 14 heterocycles. The summed E-state index contributed by atoms with van der Waals surface area (Å²) in [6, 6.07) is 35.6. The number of thiophene rings is 1. The lowest BCUT2D eigenvalue weighted by Gasteiger charge is -2.51. The predicted molar refractivity (Wildman–Crippen MR) is 382 cm³/mol. The third-order valence-corrected chi connectivity index (χ3v) is 28.9. The van der Waals surface area contributed by atoms with E-state index >= 15 is 0 Å². The molecule has 2 fully saturated rings. The Labute approximate surface area is 576 Å². The van der Waals surface area contributed by atoms with Crippen molar-refractivity contribution in [1.82, 2.24) is 53.1 Å². The highest BCUT2D eigenvalue weighted by molar-refractivity contribution is 8.16. The molecule has 18 rings (SSSR count). The van der Waals surface area contributed by atoms with Gasteiger partial charge in [0.1, 0.15) is 65.7 Å². The van der Waals surface area contributed by atoms with Gasteiger partial charge in [-0.3, -0.25) is 25.2 Å². The van der Waals surface area contributed by atoms with Crippen LogP contribution in [0.5, 0.6) is 0 Å². The predicted octanol–water partition coefficient (Wildman–Crippen LogP) is 15.2. The van der Waals surface area contributed by atoms with Crippen LogP contribution >= 0.6 is 128 Å². The standard InChI is InChI=1S/C64H54N16OS11/c1-2-12-35-29-80(43(28-34(35)11-1)40-21-19-33-10-3-4-15-39(33)68-40)62-37(14-8-25-81-62)49-36(13-7-23-65-49)50-51(66-32-86-75-50)52-56(90-79-72-52)57-71-60(91-78-57)53-54(77-92-76-53)61-74-73-59(89-61)48-38(20-22-47-55(48)88-46-17-6-5-16-45(46)87-47)64(67-24-27-85-64)63-70-42(31-84-63)58-69-41(30-83-58)44-18-9-26-82-44/h1-6,9-12,15-18,20,22-23,26,30,36-37,40,42-43,49,62,67-68H,7-8,13-14,19,21,24-25,27-29,31-32H2. The molecule has 92 heavy (non-hydrogen) atoms. The summed E-state index contributed by atoms with van der Waals surface area (Å²) in [6.07, 6.45) is 8.81. The normalized spacial score (nSPS) is 25.3. The van der Waals surface area contributed by atoms with Gasteiger partial charge in [-0.05, 0) is 139 Å². The summed E-state index contributed by atoms with van der Waals surface area (Å²) >= 11 is 17.5. The van der Waals surface area contributed by atoms with Gasteiger partial charge in [0, 0.05) is 96.9 Å². The Morgan fingerprint density at radius 3 is 2.53 bits per heavy atom. The molecular formula is C64H54N16OS11. The van der Waals surface area contributed by atoms with E-state index < -0.39 is 4.87 Å². The van der Waals surface area contributed by atoms with E-state index in [9.17, 15) is 0 Å². The zero-order valence-electron chi connectivity index (χ0n) is 48.9. The molecule has 28 heteroatoms. The van der Waals surface area contributed by atoms with E-state index in [1.165, 1.54) is 88.3 Å². The topological polar surface area (TPSA) is 202 Å². The largest absolute Gasteiger partial charge is 0.380 e. The minimum Gasteiger partial charge on any atom is -0.380 e. The number of thioether (sulfide) groups is 2. The van der Waals surface area contributed by atoms with E-state index in [2.05, 4.69) is 134 Å². The zero-order valence-corrected chi connectivity index (χ0v) is 57.8. The molecule has 2 N–H and O–H groups in total. The number of thiazole rings is 1. The highest BCUT2D eigenvalue weighted by Gasteiger charge is 2.50. The Morgan fingerprint density at radius 2 is 1.63 bits per heavy atom. The average molecular weight is 1420 g/mol. The highest BCUT2D eigenvalue weighted by Crippen LogP contribution is 2.58. The van der Waals surface area contributed by atoms with Gasteiger partial charge in [0.15, 0.2) is 15.8 Å². The number of nitrogens with one attached hydrogen (secondary N) is 2. The fraction of sp³-hybridized carbons (Fsp3) is 0.328. The third kappa shape index (κ3) is 10.7. The van der Waals surface area contributed by atoms with Crippen molar-refractivity contribution in [1.29, 1.82) is 0 Å². The molecule has 2 saturated heterocycles. The number of benzene rings is 4. The Kier molecular flexibility index (Phi) is 16.2. The Bertz CT molecular complexity index is 4560. The van der Waals surface area contributed by atoms with Gasteiger partial charge in [0.05, 0.1) is 34.1 Å². The number of anilines is 1. The minimum atomic E-state index is -0.605. The summed E-state index contributed by atoms with van der Waals surface area (Å²) in [6.45, 7) is 2.39. The maximum Gasteiger partial charge on any atom is 0.187 e. The number of hydrogen-bond acceptors (Lipinski definition) is 28. The van der Waals surface area contributed by atoms with E-state index in [-0.39, 0.29) is 42.2 Å². The van der Waals surface area contributed by atoms with Gasteiger partial charge in [-0.25, -0.2) is 14.4 Å². The number of aryl methyl sites for hydroxylation is 1. The molecule has 8 unspecified atom stereocenters. The molecule has 0 bridgehead atoms. The summed E-state index contributed by atoms with van der Waals surface area (Å²) in [5.41, 5.74) is 12.2. The Balaban J connectivity index is 0.639. The van der Waals surface area contributed by atoms with Crippen molar-refractivity contribution >= 4 is 156 Å². The van der Waals surface area contributed by atoms with E-state index in [1.807, 2.05) is 23.5 Å². The lowest BCUT2D eigenvalue weighted by atomic mass is 9.75. The van der Waals surface area contributed by atoms with Gasteiger partial charge in [0.2, 0.25) is 0 Å². The molecule has 8 aliphatic heterocycles. The average Bonchev–Trinajstić information content (AvgIpc) is 1.18. The summed E-state index contributed by atoms with van der Waals surface area (Å²) in [7, 11) is 0. The number of ether oxygens (including phenoxy) is 1. The van der Waals surface area contributed by atoms with Crippen LogP contribution in [0.1, 0.15) is 71.1 Å². The van der Waals surface area contributed by atoms with Crippen LogP contribution in [0.2, 0.25) is 0 Å². The molecule has 10 aromatic rings. The number of hydrogen-bond donors (Lipinski definition) is 2. The molecule has 4 aromatic carbocycles. The van der Waals surface area contributed by atoms with E-state index in [1.54, 1.807) is 46.2 Å². The van der Waals surface area contributed by atoms with Crippen molar-refractivity contribution in [3.8, 4) is 53.2 Å². The number of aromatic nitrogens is 9. The van der Waals surface area contributed by atoms with Crippen LogP contribution in [0.4, 0.5) is 5.69 Å². The minimum absolute atomic E-state index is 0.0171. The molecule has 0 saturated carbocycles. The monoisotopic (exact) mass is 1410 g/mol. The molecule has 6 aromatic heterocycles. The summed E-state index contributed by atoms with van der Waals surface area (Å²) in [4.78, 5) is 35.3. The van der Waals surface area contributed by atoms with Crippen molar-refractivity contribution < 1.29 is 4.74 Å². The maximum atomic E-state index is 7.08. The van der Waals surface area contributed by atoms with Crippen LogP contribution in [0.25, 0.3) is 53.2 Å².